The summed E-state index contributed by atoms with van der Waals surface area (Å²) < 4.78 is 52.9. The topological polar surface area (TPSA) is 102 Å². The van der Waals surface area contributed by atoms with Crippen LogP contribution in [0.15, 0.2) is 18.7 Å². The highest BCUT2D eigenvalue weighted by molar-refractivity contribution is 5.73. The van der Waals surface area contributed by atoms with Gasteiger partial charge in [-0.15, -0.1) is 5.10 Å². The molecule has 1 aliphatic heterocycles. The van der Waals surface area contributed by atoms with Gasteiger partial charge < -0.3 is 14.8 Å². The predicted molar refractivity (Wildman–Crippen MR) is 99.3 cm³/mol. The Kier molecular flexibility index (Phi) is 4.72. The number of nitrogens with one attached hydrogen (secondary N) is 2. The molecule has 5 rings (SSSR count). The van der Waals surface area contributed by atoms with Crippen molar-refractivity contribution < 1.29 is 22.6 Å². The number of H-pyrrole nitrogens is 1. The number of hydrogen-bond donors (Lipinski definition) is 2. The Balaban J connectivity index is 1.44. The van der Waals surface area contributed by atoms with Gasteiger partial charge in [0.25, 0.3) is 0 Å². The van der Waals surface area contributed by atoms with Crippen LogP contribution in [0.5, 0.6) is 5.75 Å². The fourth-order valence-electron chi connectivity index (χ4n) is 3.75. The van der Waals surface area contributed by atoms with Crippen LogP contribution < -0.4 is 10.1 Å². The lowest BCUT2D eigenvalue weighted by Gasteiger charge is -2.34. The molecular weight excluding hydrogens is 403 g/mol. The lowest BCUT2D eigenvalue weighted by atomic mass is 9.82. The zero-order valence-corrected chi connectivity index (χ0v) is 15.9. The summed E-state index contributed by atoms with van der Waals surface area (Å²) in [6.07, 6.45) is 3.62. The minimum Gasteiger partial charge on any atom is -0.487 e. The molecule has 0 unspecified atom stereocenters. The minimum absolute atomic E-state index is 0.0254. The first kappa shape index (κ1) is 19.1. The molecule has 30 heavy (non-hydrogen) atoms. The van der Waals surface area contributed by atoms with Crippen molar-refractivity contribution in [1.82, 2.24) is 29.8 Å². The molecule has 2 fully saturated rings. The van der Waals surface area contributed by atoms with Crippen LogP contribution in [0.3, 0.4) is 0 Å². The van der Waals surface area contributed by atoms with Gasteiger partial charge in [-0.2, -0.15) is 14.6 Å². The zero-order valence-electron chi connectivity index (χ0n) is 15.9. The van der Waals surface area contributed by atoms with Gasteiger partial charge in [0, 0.05) is 37.1 Å². The molecule has 2 aliphatic rings. The van der Waals surface area contributed by atoms with Gasteiger partial charge in [-0.1, -0.05) is 0 Å². The summed E-state index contributed by atoms with van der Waals surface area (Å²) in [5, 5.41) is 13.9. The maximum Gasteiger partial charge on any atom is 0.248 e. The number of aromatic amines is 1. The molecule has 3 aromatic heterocycles. The summed E-state index contributed by atoms with van der Waals surface area (Å²) in [6.45, 7) is 0.597. The Morgan fingerprint density at radius 1 is 1.37 bits per heavy atom. The Labute approximate surface area is 169 Å². The number of aromatic nitrogens is 6. The summed E-state index contributed by atoms with van der Waals surface area (Å²) in [7, 11) is 0. The van der Waals surface area contributed by atoms with E-state index in [1.54, 1.807) is 12.4 Å². The van der Waals surface area contributed by atoms with E-state index in [1.807, 2.05) is 0 Å². The Bertz CT molecular complexity index is 1020. The fourth-order valence-corrected chi connectivity index (χ4v) is 3.75. The molecular formula is C18H20F3N7O2. The number of fused-ring (bicyclic) bond motifs is 1. The summed E-state index contributed by atoms with van der Waals surface area (Å²) >= 11 is 0. The van der Waals surface area contributed by atoms with Crippen molar-refractivity contribution in [3.05, 3.63) is 18.7 Å². The number of rotatable bonds is 6. The van der Waals surface area contributed by atoms with Crippen LogP contribution in [-0.2, 0) is 4.74 Å². The largest absolute Gasteiger partial charge is 0.487 e. The van der Waals surface area contributed by atoms with Gasteiger partial charge in [0.15, 0.2) is 5.75 Å². The van der Waals surface area contributed by atoms with E-state index >= 15 is 0 Å². The van der Waals surface area contributed by atoms with Gasteiger partial charge in [-0.25, -0.2) is 18.2 Å². The van der Waals surface area contributed by atoms with E-state index in [2.05, 4.69) is 30.6 Å². The van der Waals surface area contributed by atoms with Crippen LogP contribution in [0.1, 0.15) is 19.3 Å². The van der Waals surface area contributed by atoms with Crippen molar-refractivity contribution in [2.24, 2.45) is 5.92 Å². The molecule has 0 radical (unpaired) electrons. The van der Waals surface area contributed by atoms with E-state index in [4.69, 9.17) is 9.47 Å². The lowest BCUT2D eigenvalue weighted by Crippen LogP contribution is -2.39. The zero-order chi connectivity index (χ0) is 20.7. The number of anilines is 1. The maximum atomic E-state index is 14.1. The van der Waals surface area contributed by atoms with Crippen LogP contribution in [0, 0.1) is 5.92 Å². The number of nitrogens with zero attached hydrogens (tertiary/aromatic N) is 5. The molecule has 0 aromatic carbocycles. The molecule has 9 nitrogen and oxygen atoms in total. The molecule has 0 amide bonds. The highest BCUT2D eigenvalue weighted by atomic mass is 19.3. The highest BCUT2D eigenvalue weighted by Crippen LogP contribution is 2.43. The van der Waals surface area contributed by atoms with Crippen LogP contribution in [0.25, 0.3) is 16.9 Å². The molecule has 1 saturated carbocycles. The van der Waals surface area contributed by atoms with E-state index < -0.39 is 18.1 Å². The average molecular weight is 423 g/mol. The van der Waals surface area contributed by atoms with Gasteiger partial charge in [0.1, 0.15) is 18.2 Å². The van der Waals surface area contributed by atoms with Crippen molar-refractivity contribution in [3.8, 4) is 17.0 Å². The Hall–Kier alpha value is -2.89. The minimum atomic E-state index is -2.62. The van der Waals surface area contributed by atoms with E-state index in [1.165, 1.54) is 10.8 Å². The van der Waals surface area contributed by atoms with Crippen LogP contribution >= 0.6 is 0 Å². The van der Waals surface area contributed by atoms with Gasteiger partial charge in [0.05, 0.1) is 25.5 Å². The van der Waals surface area contributed by atoms with Crippen LogP contribution in [0.4, 0.5) is 19.1 Å². The molecule has 0 bridgehead atoms. The maximum absolute atomic E-state index is 14.1. The van der Waals surface area contributed by atoms with Gasteiger partial charge in [-0.3, -0.25) is 5.10 Å². The first-order chi connectivity index (χ1) is 14.5. The number of alkyl halides is 3. The number of ether oxygens (including phenoxy) is 2. The third-order valence-electron chi connectivity index (χ3n) is 5.36. The van der Waals surface area contributed by atoms with Crippen molar-refractivity contribution in [2.75, 3.05) is 25.1 Å². The molecule has 0 spiro atoms. The summed E-state index contributed by atoms with van der Waals surface area (Å²) in [4.78, 5) is 8.83. The normalized spacial score (nSPS) is 24.0. The first-order valence-corrected chi connectivity index (χ1v) is 9.72. The quantitative estimate of drug-likeness (QED) is 0.628. The summed E-state index contributed by atoms with van der Waals surface area (Å²) in [5.74, 6) is -2.31. The average Bonchev–Trinajstić information content (AvgIpc) is 3.35. The highest BCUT2D eigenvalue weighted by Gasteiger charge is 2.45. The SMILES string of the molecule is F[C@@H]1COCC[C@@H]1Nc1nc2c(OCC3CC(F)(F)C3)c(-c3cn[nH]c3)ncn2n1. The van der Waals surface area contributed by atoms with Gasteiger partial charge in [-0.05, 0) is 6.42 Å². The van der Waals surface area contributed by atoms with E-state index in [9.17, 15) is 13.2 Å². The summed E-state index contributed by atoms with van der Waals surface area (Å²) in [6, 6.07) is -0.459. The molecule has 2 N–H and O–H groups in total. The molecule has 4 heterocycles. The lowest BCUT2D eigenvalue weighted by molar-refractivity contribution is -0.118. The van der Waals surface area contributed by atoms with Crippen LogP contribution in [0.2, 0.25) is 0 Å². The second-order valence-electron chi connectivity index (χ2n) is 7.68. The van der Waals surface area contributed by atoms with Crippen molar-refractivity contribution in [3.63, 3.8) is 0 Å². The van der Waals surface area contributed by atoms with Gasteiger partial charge >= 0.3 is 0 Å². The molecule has 1 aliphatic carbocycles. The van der Waals surface area contributed by atoms with Crippen molar-refractivity contribution in [1.29, 1.82) is 0 Å². The molecule has 1 saturated heterocycles. The van der Waals surface area contributed by atoms with E-state index in [-0.39, 0.29) is 37.9 Å². The fraction of sp³-hybridized carbons (Fsp3) is 0.556. The second kappa shape index (κ2) is 7.42. The Morgan fingerprint density at radius 2 is 2.23 bits per heavy atom. The van der Waals surface area contributed by atoms with E-state index in [0.29, 0.717) is 35.7 Å². The standard InChI is InChI=1S/C18H20F3N7O2/c19-12-8-29-2-1-13(12)25-17-26-16-15(30-7-10-3-18(20,21)4-10)14(11-5-23-24-6-11)22-9-28(16)27-17/h5-6,9-10,12-13H,1-4,7-8H2,(H,23,24)(H,25,27)/t12-,13+/m1/s1. The third-order valence-corrected chi connectivity index (χ3v) is 5.36. The smallest absolute Gasteiger partial charge is 0.248 e. The molecule has 12 heteroatoms. The van der Waals surface area contributed by atoms with Crippen LogP contribution in [-0.4, -0.2) is 67.7 Å². The van der Waals surface area contributed by atoms with Crippen molar-refractivity contribution in [2.45, 2.75) is 37.4 Å². The monoisotopic (exact) mass is 423 g/mol. The predicted octanol–water partition coefficient (Wildman–Crippen LogP) is 2.48. The molecule has 2 atom stereocenters. The Morgan fingerprint density at radius 3 is 2.97 bits per heavy atom. The third kappa shape index (κ3) is 3.66. The number of hydrogen-bond acceptors (Lipinski definition) is 7. The molecule has 3 aromatic rings. The number of halogens is 3. The summed E-state index contributed by atoms with van der Waals surface area (Å²) in [5.41, 5.74) is 1.49. The second-order valence-corrected chi connectivity index (χ2v) is 7.68. The van der Waals surface area contributed by atoms with Gasteiger partial charge in [0.2, 0.25) is 17.5 Å². The first-order valence-electron chi connectivity index (χ1n) is 9.72. The van der Waals surface area contributed by atoms with E-state index in [0.717, 1.165) is 0 Å². The van der Waals surface area contributed by atoms with Crippen molar-refractivity contribution >= 4 is 11.6 Å². The molecule has 160 valence electrons.